The van der Waals surface area contributed by atoms with Crippen LogP contribution in [0.3, 0.4) is 0 Å². The summed E-state index contributed by atoms with van der Waals surface area (Å²) in [4.78, 5) is 34.1. The highest BCUT2D eigenvalue weighted by molar-refractivity contribution is 5.78. The van der Waals surface area contributed by atoms with Crippen LogP contribution in [0.25, 0.3) is 10.9 Å². The normalized spacial score (nSPS) is 23.0. The van der Waals surface area contributed by atoms with Crippen LogP contribution in [0.1, 0.15) is 31.1 Å². The number of para-hydroxylation sites is 1. The van der Waals surface area contributed by atoms with Crippen LogP contribution >= 0.6 is 0 Å². The zero-order valence-corrected chi connectivity index (χ0v) is 14.5. The van der Waals surface area contributed by atoms with Crippen LogP contribution in [-0.2, 0) is 7.05 Å². The number of hydrogen-bond acceptors (Lipinski definition) is 5. The summed E-state index contributed by atoms with van der Waals surface area (Å²) in [6, 6.07) is 7.28. The fraction of sp³-hybridized carbons (Fsp3) is 0.444. The molecule has 0 bridgehead atoms. The Hall–Kier alpha value is -2.90. The van der Waals surface area contributed by atoms with E-state index < -0.39 is 0 Å². The van der Waals surface area contributed by atoms with Crippen LogP contribution in [0.4, 0.5) is 5.95 Å². The van der Waals surface area contributed by atoms with E-state index in [0.29, 0.717) is 34.5 Å². The first-order valence-electron chi connectivity index (χ1n) is 9.00. The molecule has 134 valence electrons. The molecule has 2 atom stereocenters. The highest BCUT2D eigenvalue weighted by Gasteiger charge is 2.46. The molecule has 1 aliphatic carbocycles. The maximum Gasteiger partial charge on any atom is 0.343 e. The predicted octanol–water partition coefficient (Wildman–Crippen LogP) is 1.32. The van der Waals surface area contributed by atoms with E-state index in [4.69, 9.17) is 0 Å². The minimum absolute atomic E-state index is 0.0595. The van der Waals surface area contributed by atoms with Crippen molar-refractivity contribution >= 4 is 16.9 Å². The summed E-state index contributed by atoms with van der Waals surface area (Å²) in [5.41, 5.74) is 0.312. The Morgan fingerprint density at radius 2 is 1.96 bits per heavy atom. The number of aromatic amines is 2. The van der Waals surface area contributed by atoms with Gasteiger partial charge in [0, 0.05) is 13.6 Å². The molecular formula is C18H20N6O2. The van der Waals surface area contributed by atoms with Gasteiger partial charge in [0.2, 0.25) is 5.95 Å². The fourth-order valence-electron chi connectivity index (χ4n) is 4.24. The smallest absolute Gasteiger partial charge is 0.332 e. The van der Waals surface area contributed by atoms with Crippen molar-refractivity contribution in [3.8, 4) is 0 Å². The van der Waals surface area contributed by atoms with E-state index in [2.05, 4.69) is 25.1 Å². The van der Waals surface area contributed by atoms with Crippen molar-refractivity contribution in [1.29, 1.82) is 0 Å². The highest BCUT2D eigenvalue weighted by Crippen LogP contribution is 2.50. The molecule has 0 spiro atoms. The van der Waals surface area contributed by atoms with Gasteiger partial charge in [0.1, 0.15) is 0 Å². The average molecular weight is 352 g/mol. The van der Waals surface area contributed by atoms with E-state index in [9.17, 15) is 9.59 Å². The molecule has 3 heterocycles. The van der Waals surface area contributed by atoms with Gasteiger partial charge in [-0.25, -0.2) is 14.9 Å². The van der Waals surface area contributed by atoms with E-state index in [1.807, 2.05) is 18.2 Å². The van der Waals surface area contributed by atoms with E-state index >= 15 is 0 Å². The third-order valence-electron chi connectivity index (χ3n) is 5.72. The first kappa shape index (κ1) is 15.4. The van der Waals surface area contributed by atoms with Crippen LogP contribution < -0.4 is 16.1 Å². The maximum absolute atomic E-state index is 12.5. The molecule has 0 amide bonds. The highest BCUT2D eigenvalue weighted by atomic mass is 16.1. The molecular weight excluding hydrogens is 332 g/mol. The first-order valence-corrected chi connectivity index (χ1v) is 9.00. The van der Waals surface area contributed by atoms with E-state index in [-0.39, 0.29) is 17.3 Å². The number of nitrogens with zero attached hydrogens (tertiary/aromatic N) is 4. The Kier molecular flexibility index (Phi) is 3.28. The Balaban J connectivity index is 1.64. The first-order chi connectivity index (χ1) is 12.6. The predicted molar refractivity (Wildman–Crippen MR) is 97.1 cm³/mol. The number of hydrogen-bond donors (Lipinski definition) is 2. The van der Waals surface area contributed by atoms with Crippen LogP contribution in [-0.4, -0.2) is 31.3 Å². The van der Waals surface area contributed by atoms with Gasteiger partial charge in [-0.1, -0.05) is 12.1 Å². The van der Waals surface area contributed by atoms with E-state index in [1.54, 1.807) is 17.7 Å². The number of aromatic nitrogens is 5. The Bertz CT molecular complexity index is 1090. The zero-order valence-electron chi connectivity index (χ0n) is 14.5. The molecule has 2 aliphatic rings. The molecule has 2 aromatic heterocycles. The average Bonchev–Trinajstić information content (AvgIpc) is 3.32. The maximum atomic E-state index is 12.5. The molecule has 1 saturated heterocycles. The molecule has 2 N–H and O–H groups in total. The van der Waals surface area contributed by atoms with Crippen LogP contribution in [0.15, 0.2) is 33.9 Å². The summed E-state index contributed by atoms with van der Waals surface area (Å²) in [5, 5.41) is 7.41. The Labute approximate surface area is 148 Å². The van der Waals surface area contributed by atoms with Gasteiger partial charge in [0.15, 0.2) is 5.82 Å². The topological polar surface area (TPSA) is 99.7 Å². The second-order valence-electron chi connectivity index (χ2n) is 7.28. The number of H-pyrrole nitrogens is 2. The van der Waals surface area contributed by atoms with Gasteiger partial charge < -0.3 is 4.90 Å². The number of rotatable bonds is 3. The molecule has 1 aromatic carbocycles. The fourth-order valence-corrected chi connectivity index (χ4v) is 4.24. The van der Waals surface area contributed by atoms with Crippen molar-refractivity contribution < 1.29 is 0 Å². The third-order valence-corrected chi connectivity index (χ3v) is 5.72. The largest absolute Gasteiger partial charge is 0.343 e. The molecule has 8 heteroatoms. The van der Waals surface area contributed by atoms with E-state index in [0.717, 1.165) is 13.0 Å². The monoisotopic (exact) mass is 352 g/mol. The van der Waals surface area contributed by atoms with Crippen molar-refractivity contribution in [3.63, 3.8) is 0 Å². The van der Waals surface area contributed by atoms with Gasteiger partial charge >= 0.3 is 5.69 Å². The lowest BCUT2D eigenvalue weighted by Gasteiger charge is -2.27. The lowest BCUT2D eigenvalue weighted by Crippen LogP contribution is -2.32. The van der Waals surface area contributed by atoms with Crippen LogP contribution in [0.5, 0.6) is 0 Å². The van der Waals surface area contributed by atoms with Crippen LogP contribution in [0.2, 0.25) is 0 Å². The zero-order chi connectivity index (χ0) is 17.8. The third kappa shape index (κ3) is 2.28. The SMILES string of the molecule is Cn1c(C2C(C3CC3)CCN2c2nc3ccccc3c(=O)[nH]2)n[nH]c1=O. The van der Waals surface area contributed by atoms with Gasteiger partial charge in [-0.3, -0.25) is 14.3 Å². The summed E-state index contributed by atoms with van der Waals surface area (Å²) < 4.78 is 1.57. The van der Waals surface area contributed by atoms with E-state index in [1.165, 1.54) is 12.8 Å². The van der Waals surface area contributed by atoms with Crippen molar-refractivity contribution in [1.82, 2.24) is 24.7 Å². The summed E-state index contributed by atoms with van der Waals surface area (Å²) in [6.07, 6.45) is 3.44. The van der Waals surface area contributed by atoms with Gasteiger partial charge in [-0.2, -0.15) is 5.10 Å². The van der Waals surface area contributed by atoms with Crippen molar-refractivity contribution in [2.45, 2.75) is 25.3 Å². The quantitative estimate of drug-likeness (QED) is 0.741. The van der Waals surface area contributed by atoms with Gasteiger partial charge in [-0.15, -0.1) is 0 Å². The second kappa shape index (κ2) is 5.55. The molecule has 8 nitrogen and oxygen atoms in total. The number of benzene rings is 1. The number of anilines is 1. The summed E-state index contributed by atoms with van der Waals surface area (Å²) in [7, 11) is 1.73. The molecule has 2 unspecified atom stereocenters. The molecule has 26 heavy (non-hydrogen) atoms. The second-order valence-corrected chi connectivity index (χ2v) is 7.28. The van der Waals surface area contributed by atoms with Gasteiger partial charge in [0.05, 0.1) is 16.9 Å². The summed E-state index contributed by atoms with van der Waals surface area (Å²) >= 11 is 0. The number of fused-ring (bicyclic) bond motifs is 1. The summed E-state index contributed by atoms with van der Waals surface area (Å²) in [6.45, 7) is 0.786. The lowest BCUT2D eigenvalue weighted by atomic mass is 9.94. The van der Waals surface area contributed by atoms with Crippen molar-refractivity contribution in [2.75, 3.05) is 11.4 Å². The Morgan fingerprint density at radius 3 is 2.69 bits per heavy atom. The molecule has 1 saturated carbocycles. The van der Waals surface area contributed by atoms with Crippen molar-refractivity contribution in [3.05, 3.63) is 50.9 Å². The number of nitrogens with one attached hydrogen (secondary N) is 2. The van der Waals surface area contributed by atoms with Gasteiger partial charge in [0.25, 0.3) is 5.56 Å². The molecule has 2 fully saturated rings. The standard InChI is InChI=1S/C18H20N6O2/c1-23-15(21-22-18(23)26)14-11(10-6-7-10)8-9-24(14)17-19-13-5-3-2-4-12(13)16(25)20-17/h2-5,10-11,14H,6-9H2,1H3,(H,22,26)(H,19,20,25). The molecule has 1 aliphatic heterocycles. The molecule has 0 radical (unpaired) electrons. The summed E-state index contributed by atoms with van der Waals surface area (Å²) in [5.74, 6) is 2.34. The van der Waals surface area contributed by atoms with Crippen LogP contribution in [0, 0.1) is 11.8 Å². The molecule has 5 rings (SSSR count). The van der Waals surface area contributed by atoms with Gasteiger partial charge in [-0.05, 0) is 43.2 Å². The Morgan fingerprint density at radius 1 is 1.15 bits per heavy atom. The minimum Gasteiger partial charge on any atom is -0.332 e. The minimum atomic E-state index is -0.221. The lowest BCUT2D eigenvalue weighted by molar-refractivity contribution is 0.404. The van der Waals surface area contributed by atoms with Crippen molar-refractivity contribution in [2.24, 2.45) is 18.9 Å². The molecule has 3 aromatic rings.